The molecule has 2 rings (SSSR count). The van der Waals surface area contributed by atoms with Crippen molar-refractivity contribution in [3.8, 4) is 0 Å². The third-order valence-electron chi connectivity index (χ3n) is 4.20. The lowest BCUT2D eigenvalue weighted by molar-refractivity contribution is -0.138. The molecule has 1 aromatic rings. The maximum Gasteiger partial charge on any atom is 0.492 e. The van der Waals surface area contributed by atoms with Crippen LogP contribution in [0.4, 0.5) is 13.2 Å². The molecular weight excluding hydrogens is 310 g/mol. The van der Waals surface area contributed by atoms with Crippen molar-refractivity contribution in [3.63, 3.8) is 0 Å². The summed E-state index contributed by atoms with van der Waals surface area (Å²) < 4.78 is 50.6. The molecule has 23 heavy (non-hydrogen) atoms. The van der Waals surface area contributed by atoms with Crippen molar-refractivity contribution in [2.75, 3.05) is 6.61 Å². The topological polar surface area (TPSA) is 51.6 Å². The van der Waals surface area contributed by atoms with Crippen molar-refractivity contribution in [2.45, 2.75) is 45.1 Å². The Kier molecular flexibility index (Phi) is 4.63. The highest BCUT2D eigenvalue weighted by atomic mass is 19.4. The van der Waals surface area contributed by atoms with Gasteiger partial charge in [-0.3, -0.25) is 4.98 Å². The summed E-state index contributed by atoms with van der Waals surface area (Å²) >= 11 is 0. The van der Waals surface area contributed by atoms with Gasteiger partial charge in [-0.1, -0.05) is 0 Å². The van der Waals surface area contributed by atoms with E-state index in [0.29, 0.717) is 0 Å². The van der Waals surface area contributed by atoms with Crippen LogP contribution in [0.15, 0.2) is 23.8 Å². The Bertz CT molecular complexity index is 598. The molecule has 1 saturated heterocycles. The van der Waals surface area contributed by atoms with E-state index in [9.17, 15) is 18.3 Å². The van der Waals surface area contributed by atoms with Gasteiger partial charge in [0.15, 0.2) is 0 Å². The molecule has 1 aliphatic rings. The number of aromatic nitrogens is 1. The smallest absolute Gasteiger partial charge is 0.400 e. The highest BCUT2D eigenvalue weighted by molar-refractivity contribution is 6.55. The first-order chi connectivity index (χ1) is 10.5. The number of alkyl halides is 3. The van der Waals surface area contributed by atoms with Crippen LogP contribution in [0.1, 0.15) is 39.0 Å². The maximum atomic E-state index is 13.0. The third kappa shape index (κ3) is 3.59. The molecule has 4 nitrogen and oxygen atoms in total. The Morgan fingerprint density at radius 1 is 1.26 bits per heavy atom. The molecular formula is C15H19BF3NO3. The van der Waals surface area contributed by atoms with Gasteiger partial charge >= 0.3 is 13.3 Å². The molecule has 2 heterocycles. The minimum absolute atomic E-state index is 0.188. The van der Waals surface area contributed by atoms with E-state index in [1.807, 2.05) is 27.7 Å². The van der Waals surface area contributed by atoms with Crippen LogP contribution in [-0.2, 0) is 15.5 Å². The molecule has 8 heteroatoms. The lowest BCUT2D eigenvalue weighted by atomic mass is 9.77. The van der Waals surface area contributed by atoms with E-state index in [1.54, 1.807) is 0 Å². The Balaban J connectivity index is 2.39. The Labute approximate surface area is 133 Å². The molecule has 0 bridgehead atoms. The summed E-state index contributed by atoms with van der Waals surface area (Å²) in [6.07, 6.45) is -2.10. The Morgan fingerprint density at radius 3 is 2.30 bits per heavy atom. The second-order valence-corrected chi connectivity index (χ2v) is 6.40. The van der Waals surface area contributed by atoms with Gasteiger partial charge < -0.3 is 14.4 Å². The Morgan fingerprint density at radius 2 is 1.83 bits per heavy atom. The van der Waals surface area contributed by atoms with E-state index in [0.717, 1.165) is 6.07 Å². The number of rotatable bonds is 3. The van der Waals surface area contributed by atoms with Crippen LogP contribution in [0.3, 0.4) is 0 Å². The van der Waals surface area contributed by atoms with Gasteiger partial charge in [0.2, 0.25) is 0 Å². The molecule has 0 saturated carbocycles. The molecule has 0 aliphatic carbocycles. The maximum absolute atomic E-state index is 13.0. The monoisotopic (exact) mass is 329 g/mol. The lowest BCUT2D eigenvalue weighted by Crippen LogP contribution is -2.41. The number of pyridine rings is 1. The molecule has 0 amide bonds. The van der Waals surface area contributed by atoms with Crippen LogP contribution in [0.25, 0.3) is 6.08 Å². The van der Waals surface area contributed by atoms with Crippen LogP contribution in [0, 0.1) is 0 Å². The van der Waals surface area contributed by atoms with Crippen molar-refractivity contribution >= 4 is 13.2 Å². The summed E-state index contributed by atoms with van der Waals surface area (Å²) in [5.74, 6) is 0. The normalized spacial score (nSPS) is 20.9. The zero-order chi connectivity index (χ0) is 17.5. The van der Waals surface area contributed by atoms with Crippen molar-refractivity contribution in [1.29, 1.82) is 0 Å². The van der Waals surface area contributed by atoms with Gasteiger partial charge in [-0.05, 0) is 51.4 Å². The third-order valence-corrected chi connectivity index (χ3v) is 4.20. The quantitative estimate of drug-likeness (QED) is 0.866. The average molecular weight is 329 g/mol. The predicted octanol–water partition coefficient (Wildman–Crippen LogP) is 3.11. The van der Waals surface area contributed by atoms with E-state index < -0.39 is 36.7 Å². The highest BCUT2D eigenvalue weighted by Gasteiger charge is 2.52. The number of aliphatic hydroxyl groups is 1. The SMILES string of the molecule is CC1(C)OB(C(=Cc2ncccc2C(F)(F)F)CO)OC1(C)C. The first-order valence-electron chi connectivity index (χ1n) is 7.17. The summed E-state index contributed by atoms with van der Waals surface area (Å²) in [6.45, 7) is 6.80. The van der Waals surface area contributed by atoms with E-state index in [4.69, 9.17) is 9.31 Å². The van der Waals surface area contributed by atoms with Crippen LogP contribution in [0.2, 0.25) is 0 Å². The van der Waals surface area contributed by atoms with Gasteiger partial charge in [-0.15, -0.1) is 0 Å². The predicted molar refractivity (Wildman–Crippen MR) is 80.4 cm³/mol. The molecule has 1 aliphatic heterocycles. The summed E-state index contributed by atoms with van der Waals surface area (Å²) in [6, 6.07) is 2.16. The van der Waals surface area contributed by atoms with Gasteiger partial charge in [-0.25, -0.2) is 0 Å². The minimum atomic E-state index is -4.53. The largest absolute Gasteiger partial charge is 0.492 e. The molecule has 1 N–H and O–H groups in total. The van der Waals surface area contributed by atoms with Crippen LogP contribution in [-0.4, -0.2) is 35.0 Å². The number of halogens is 3. The van der Waals surface area contributed by atoms with Gasteiger partial charge in [0.1, 0.15) is 0 Å². The van der Waals surface area contributed by atoms with Crippen molar-refractivity contribution in [1.82, 2.24) is 4.98 Å². The summed E-state index contributed by atoms with van der Waals surface area (Å²) in [5, 5.41) is 9.54. The fourth-order valence-corrected chi connectivity index (χ4v) is 2.13. The van der Waals surface area contributed by atoms with Crippen molar-refractivity contribution in [2.24, 2.45) is 0 Å². The second-order valence-electron chi connectivity index (χ2n) is 6.40. The number of aliphatic hydroxyl groups excluding tert-OH is 1. The molecule has 1 aromatic heterocycles. The van der Waals surface area contributed by atoms with Crippen molar-refractivity contribution in [3.05, 3.63) is 35.1 Å². The molecule has 0 unspecified atom stereocenters. The summed E-state index contributed by atoms with van der Waals surface area (Å²) in [7, 11) is -0.923. The summed E-state index contributed by atoms with van der Waals surface area (Å²) in [4.78, 5) is 3.76. The molecule has 0 aromatic carbocycles. The zero-order valence-electron chi connectivity index (χ0n) is 13.4. The second kappa shape index (κ2) is 5.92. The molecule has 0 radical (unpaired) electrons. The molecule has 126 valence electrons. The Hall–Kier alpha value is -1.38. The summed E-state index contributed by atoms with van der Waals surface area (Å²) in [5.41, 5.74) is -2.26. The van der Waals surface area contributed by atoms with Crippen molar-refractivity contribution < 1.29 is 27.6 Å². The van der Waals surface area contributed by atoms with Gasteiger partial charge in [0, 0.05) is 6.20 Å². The minimum Gasteiger partial charge on any atom is -0.400 e. The van der Waals surface area contributed by atoms with Gasteiger partial charge in [0.25, 0.3) is 0 Å². The molecule has 0 atom stereocenters. The zero-order valence-corrected chi connectivity index (χ0v) is 13.4. The molecule has 0 spiro atoms. The first kappa shape index (κ1) is 18.0. The highest BCUT2D eigenvalue weighted by Crippen LogP contribution is 2.39. The van der Waals surface area contributed by atoms with E-state index >= 15 is 0 Å². The van der Waals surface area contributed by atoms with Crippen LogP contribution < -0.4 is 0 Å². The average Bonchev–Trinajstić information content (AvgIpc) is 2.64. The van der Waals surface area contributed by atoms with E-state index in [2.05, 4.69) is 4.98 Å². The number of hydrogen-bond donors (Lipinski definition) is 1. The number of hydrogen-bond acceptors (Lipinski definition) is 4. The fraction of sp³-hybridized carbons (Fsp3) is 0.533. The first-order valence-corrected chi connectivity index (χ1v) is 7.17. The fourth-order valence-electron chi connectivity index (χ4n) is 2.13. The molecule has 1 fully saturated rings. The number of nitrogens with zero attached hydrogens (tertiary/aromatic N) is 1. The lowest BCUT2D eigenvalue weighted by Gasteiger charge is -2.32. The van der Waals surface area contributed by atoms with Crippen LogP contribution in [0.5, 0.6) is 0 Å². The van der Waals surface area contributed by atoms with Gasteiger partial charge in [0.05, 0.1) is 29.1 Å². The van der Waals surface area contributed by atoms with E-state index in [1.165, 1.54) is 18.3 Å². The standard InChI is InChI=1S/C15H19BF3NO3/c1-13(2)14(3,4)23-16(22-13)10(9-21)8-12-11(15(17,18)19)6-5-7-20-12/h5-8,21H,9H2,1-4H3. The van der Waals surface area contributed by atoms with Gasteiger partial charge in [-0.2, -0.15) is 13.2 Å². The van der Waals surface area contributed by atoms with E-state index in [-0.39, 0.29) is 11.2 Å². The van der Waals surface area contributed by atoms with Crippen LogP contribution >= 0.6 is 0 Å².